The molecule has 1 aromatic rings. The van der Waals surface area contributed by atoms with Crippen LogP contribution in [0.4, 0.5) is 0 Å². The molecule has 0 aliphatic heterocycles. The van der Waals surface area contributed by atoms with Crippen LogP contribution in [0.5, 0.6) is 11.5 Å². The maximum Gasteiger partial charge on any atom is 0.307 e. The van der Waals surface area contributed by atoms with Gasteiger partial charge in [0.05, 0.1) is 20.1 Å². The van der Waals surface area contributed by atoms with Crippen molar-refractivity contribution in [1.29, 1.82) is 0 Å². The molecule has 0 bridgehead atoms. The van der Waals surface area contributed by atoms with Gasteiger partial charge < -0.3 is 19.9 Å². The molecule has 2 unspecified atom stereocenters. The number of hydrogen-bond donors (Lipinski definition) is 2. The second kappa shape index (κ2) is 6.99. The summed E-state index contributed by atoms with van der Waals surface area (Å²) in [7, 11) is 3.20. The molecule has 0 heterocycles. The Morgan fingerprint density at radius 2 is 2.00 bits per heavy atom. The number of benzene rings is 1. The number of hydrogen-bond acceptors (Lipinski definition) is 4. The molecule has 1 rings (SSSR count). The van der Waals surface area contributed by atoms with E-state index in [0.717, 1.165) is 17.1 Å². The van der Waals surface area contributed by atoms with Gasteiger partial charge in [-0.3, -0.25) is 4.79 Å². The third-order valence-corrected chi connectivity index (χ3v) is 3.25. The number of rotatable bonds is 7. The van der Waals surface area contributed by atoms with Gasteiger partial charge in [0.1, 0.15) is 11.5 Å². The maximum atomic E-state index is 10.9. The Bertz CT molecular complexity index is 433. The van der Waals surface area contributed by atoms with Gasteiger partial charge in [-0.1, -0.05) is 13.0 Å². The normalized spacial score (nSPS) is 13.7. The molecule has 0 amide bonds. The van der Waals surface area contributed by atoms with Crippen molar-refractivity contribution in [3.8, 4) is 11.5 Å². The van der Waals surface area contributed by atoms with Crippen LogP contribution in [0.25, 0.3) is 0 Å². The summed E-state index contributed by atoms with van der Waals surface area (Å²) in [5.74, 6) is 0.209. The second-order valence-electron chi connectivity index (χ2n) is 4.47. The Morgan fingerprint density at radius 3 is 2.53 bits per heavy atom. The zero-order valence-electron chi connectivity index (χ0n) is 11.8. The highest BCUT2D eigenvalue weighted by Gasteiger charge is 2.19. The molecule has 0 saturated carbocycles. The lowest BCUT2D eigenvalue weighted by molar-refractivity contribution is -0.141. The van der Waals surface area contributed by atoms with Crippen molar-refractivity contribution in [3.63, 3.8) is 0 Å². The third kappa shape index (κ3) is 4.13. The molecule has 2 N–H and O–H groups in total. The summed E-state index contributed by atoms with van der Waals surface area (Å²) in [5, 5.41) is 12.1. The molecule has 0 aromatic heterocycles. The number of nitrogens with one attached hydrogen (secondary N) is 1. The quantitative estimate of drug-likeness (QED) is 0.789. The first-order valence-corrected chi connectivity index (χ1v) is 6.16. The van der Waals surface area contributed by atoms with Gasteiger partial charge in [-0.15, -0.1) is 0 Å². The Hall–Kier alpha value is -1.75. The lowest BCUT2D eigenvalue weighted by Gasteiger charge is -2.19. The summed E-state index contributed by atoms with van der Waals surface area (Å²) in [5.41, 5.74) is 0.965. The number of carbonyl (C=O) groups is 1. The molecule has 0 fully saturated rings. The van der Waals surface area contributed by atoms with Gasteiger partial charge in [-0.2, -0.15) is 0 Å². The molecule has 5 heteroatoms. The average molecular weight is 267 g/mol. The topological polar surface area (TPSA) is 67.8 Å². The minimum absolute atomic E-state index is 0.121. The van der Waals surface area contributed by atoms with E-state index in [0.29, 0.717) is 6.54 Å². The maximum absolute atomic E-state index is 10.9. The number of aliphatic carboxylic acids is 1. The Morgan fingerprint density at radius 1 is 1.32 bits per heavy atom. The van der Waals surface area contributed by atoms with Crippen molar-refractivity contribution in [2.24, 2.45) is 5.92 Å². The van der Waals surface area contributed by atoms with Crippen LogP contribution >= 0.6 is 0 Å². The fraction of sp³-hybridized carbons (Fsp3) is 0.500. The zero-order chi connectivity index (χ0) is 14.4. The monoisotopic (exact) mass is 267 g/mol. The van der Waals surface area contributed by atoms with Crippen LogP contribution in [-0.2, 0) is 11.3 Å². The second-order valence-corrected chi connectivity index (χ2v) is 4.47. The Labute approximate surface area is 113 Å². The van der Waals surface area contributed by atoms with Crippen molar-refractivity contribution in [2.45, 2.75) is 26.4 Å². The van der Waals surface area contributed by atoms with E-state index in [-0.39, 0.29) is 6.04 Å². The van der Waals surface area contributed by atoms with Gasteiger partial charge in [0.2, 0.25) is 0 Å². The SMILES string of the molecule is COc1ccc(CNC(C)C(C)C(=O)O)c(OC)c1. The standard InChI is InChI=1S/C14H21NO4/c1-9(14(16)17)10(2)15-8-11-5-6-12(18-3)7-13(11)19-4/h5-7,9-10,15H,8H2,1-4H3,(H,16,17). The molecular weight excluding hydrogens is 246 g/mol. The number of methoxy groups -OCH3 is 2. The highest BCUT2D eigenvalue weighted by atomic mass is 16.5. The first-order valence-electron chi connectivity index (χ1n) is 6.16. The minimum Gasteiger partial charge on any atom is -0.497 e. The summed E-state index contributed by atoms with van der Waals surface area (Å²) in [4.78, 5) is 10.9. The Kier molecular flexibility index (Phi) is 5.63. The average Bonchev–Trinajstić information content (AvgIpc) is 2.43. The summed E-state index contributed by atoms with van der Waals surface area (Å²) in [6, 6.07) is 5.44. The molecule has 0 spiro atoms. The molecule has 19 heavy (non-hydrogen) atoms. The highest BCUT2D eigenvalue weighted by molar-refractivity contribution is 5.70. The first-order chi connectivity index (χ1) is 8.99. The first kappa shape index (κ1) is 15.3. The number of ether oxygens (including phenoxy) is 2. The molecule has 0 aliphatic rings. The van der Waals surface area contributed by atoms with E-state index in [1.54, 1.807) is 21.1 Å². The smallest absolute Gasteiger partial charge is 0.307 e. The summed E-state index contributed by atoms with van der Waals surface area (Å²) in [6.45, 7) is 4.09. The highest BCUT2D eigenvalue weighted by Crippen LogP contribution is 2.24. The van der Waals surface area contributed by atoms with Crippen LogP contribution < -0.4 is 14.8 Å². The van der Waals surface area contributed by atoms with E-state index in [1.165, 1.54) is 0 Å². The molecular formula is C14H21NO4. The largest absolute Gasteiger partial charge is 0.497 e. The van der Waals surface area contributed by atoms with E-state index < -0.39 is 11.9 Å². The summed E-state index contributed by atoms with van der Waals surface area (Å²) < 4.78 is 10.4. The van der Waals surface area contributed by atoms with Crippen LogP contribution in [0.3, 0.4) is 0 Å². The third-order valence-electron chi connectivity index (χ3n) is 3.25. The van der Waals surface area contributed by atoms with Gasteiger partial charge in [0.25, 0.3) is 0 Å². The number of carboxylic acids is 1. The Balaban J connectivity index is 2.69. The zero-order valence-corrected chi connectivity index (χ0v) is 11.8. The van der Waals surface area contributed by atoms with Crippen molar-refractivity contribution in [2.75, 3.05) is 14.2 Å². The van der Waals surface area contributed by atoms with Gasteiger partial charge in [-0.25, -0.2) is 0 Å². The molecule has 0 saturated heterocycles. The molecule has 0 radical (unpaired) electrons. The summed E-state index contributed by atoms with van der Waals surface area (Å²) in [6.07, 6.45) is 0. The van der Waals surface area contributed by atoms with Gasteiger partial charge in [0.15, 0.2) is 0 Å². The predicted octanol–water partition coefficient (Wildman–Crippen LogP) is 1.90. The lowest BCUT2D eigenvalue weighted by atomic mass is 10.0. The molecule has 1 aromatic carbocycles. The van der Waals surface area contributed by atoms with E-state index in [2.05, 4.69) is 5.32 Å². The predicted molar refractivity (Wildman–Crippen MR) is 72.6 cm³/mol. The van der Waals surface area contributed by atoms with E-state index in [1.807, 2.05) is 25.1 Å². The fourth-order valence-electron chi connectivity index (χ4n) is 1.66. The van der Waals surface area contributed by atoms with E-state index in [9.17, 15) is 4.79 Å². The van der Waals surface area contributed by atoms with Crippen molar-refractivity contribution < 1.29 is 19.4 Å². The van der Waals surface area contributed by atoms with Gasteiger partial charge in [0, 0.05) is 24.2 Å². The minimum atomic E-state index is -0.804. The lowest BCUT2D eigenvalue weighted by Crippen LogP contribution is -2.35. The summed E-state index contributed by atoms with van der Waals surface area (Å²) >= 11 is 0. The van der Waals surface area contributed by atoms with E-state index in [4.69, 9.17) is 14.6 Å². The molecule has 2 atom stereocenters. The van der Waals surface area contributed by atoms with Crippen LogP contribution in [0.2, 0.25) is 0 Å². The van der Waals surface area contributed by atoms with Gasteiger partial charge >= 0.3 is 5.97 Å². The van der Waals surface area contributed by atoms with Crippen molar-refractivity contribution in [3.05, 3.63) is 23.8 Å². The number of carboxylic acid groups (broad SMARTS) is 1. The van der Waals surface area contributed by atoms with Crippen molar-refractivity contribution >= 4 is 5.97 Å². The van der Waals surface area contributed by atoms with Crippen LogP contribution in [0, 0.1) is 5.92 Å². The molecule has 106 valence electrons. The van der Waals surface area contributed by atoms with Crippen molar-refractivity contribution in [1.82, 2.24) is 5.32 Å². The fourth-order valence-corrected chi connectivity index (χ4v) is 1.66. The van der Waals surface area contributed by atoms with Crippen LogP contribution in [-0.4, -0.2) is 31.3 Å². The molecule has 5 nitrogen and oxygen atoms in total. The van der Waals surface area contributed by atoms with E-state index >= 15 is 0 Å². The van der Waals surface area contributed by atoms with Gasteiger partial charge in [-0.05, 0) is 13.0 Å². The molecule has 0 aliphatic carbocycles. The van der Waals surface area contributed by atoms with Crippen LogP contribution in [0.1, 0.15) is 19.4 Å². The van der Waals surface area contributed by atoms with Crippen LogP contribution in [0.15, 0.2) is 18.2 Å².